The van der Waals surface area contributed by atoms with E-state index < -0.39 is 0 Å². The molecule has 1 aromatic carbocycles. The van der Waals surface area contributed by atoms with Crippen LogP contribution >= 0.6 is 0 Å². The van der Waals surface area contributed by atoms with E-state index in [2.05, 4.69) is 20.9 Å². The first-order chi connectivity index (χ1) is 10.3. The Morgan fingerprint density at radius 3 is 2.57 bits per heavy atom. The highest BCUT2D eigenvalue weighted by Crippen LogP contribution is 2.38. The lowest BCUT2D eigenvalue weighted by Crippen LogP contribution is -2.24. The van der Waals surface area contributed by atoms with Crippen molar-refractivity contribution in [1.29, 1.82) is 0 Å². The highest BCUT2D eigenvalue weighted by molar-refractivity contribution is 5.47. The van der Waals surface area contributed by atoms with Crippen LogP contribution in [0.2, 0.25) is 0 Å². The van der Waals surface area contributed by atoms with Gasteiger partial charge in [-0.3, -0.25) is 0 Å². The quantitative estimate of drug-likeness (QED) is 0.864. The molecule has 0 amide bonds. The van der Waals surface area contributed by atoms with Crippen LogP contribution < -0.4 is 14.4 Å². The van der Waals surface area contributed by atoms with Crippen LogP contribution in [0.3, 0.4) is 0 Å². The number of anilines is 1. The van der Waals surface area contributed by atoms with Gasteiger partial charge in [-0.2, -0.15) is 0 Å². The minimum absolute atomic E-state index is 0.284. The fourth-order valence-electron chi connectivity index (χ4n) is 2.85. The van der Waals surface area contributed by atoms with Gasteiger partial charge in [-0.05, 0) is 36.6 Å². The number of methoxy groups -OCH3 is 2. The molecule has 0 aliphatic carbocycles. The van der Waals surface area contributed by atoms with Crippen molar-refractivity contribution in [2.24, 2.45) is 0 Å². The van der Waals surface area contributed by atoms with E-state index in [-0.39, 0.29) is 6.04 Å². The molecular formula is C16H19N3O2. The lowest BCUT2D eigenvalue weighted by Gasteiger charge is -2.25. The smallest absolute Gasteiger partial charge is 0.225 e. The summed E-state index contributed by atoms with van der Waals surface area (Å²) in [7, 11) is 3.31. The van der Waals surface area contributed by atoms with Gasteiger partial charge in [0.05, 0.1) is 20.3 Å². The first-order valence-electron chi connectivity index (χ1n) is 7.09. The molecule has 1 fully saturated rings. The molecule has 21 heavy (non-hydrogen) atoms. The van der Waals surface area contributed by atoms with E-state index in [1.54, 1.807) is 26.6 Å². The lowest BCUT2D eigenvalue weighted by atomic mass is 10.0. The second kappa shape index (κ2) is 5.99. The van der Waals surface area contributed by atoms with Crippen LogP contribution in [0.4, 0.5) is 5.95 Å². The third-order valence-electron chi connectivity index (χ3n) is 3.85. The number of hydrogen-bond acceptors (Lipinski definition) is 5. The van der Waals surface area contributed by atoms with Crippen molar-refractivity contribution in [2.45, 2.75) is 18.9 Å². The highest BCUT2D eigenvalue weighted by atomic mass is 16.5. The van der Waals surface area contributed by atoms with Crippen LogP contribution in [-0.4, -0.2) is 30.7 Å². The zero-order chi connectivity index (χ0) is 14.7. The van der Waals surface area contributed by atoms with Gasteiger partial charge in [-0.1, -0.05) is 6.07 Å². The SMILES string of the molecule is COc1ccc([C@H]2CCCN2c2ncccn2)cc1OC. The Labute approximate surface area is 124 Å². The molecule has 5 nitrogen and oxygen atoms in total. The molecule has 5 heteroatoms. The average Bonchev–Trinajstić information content (AvgIpc) is 3.04. The molecule has 1 atom stereocenters. The number of rotatable bonds is 4. The normalized spacial score (nSPS) is 17.8. The maximum atomic E-state index is 5.40. The van der Waals surface area contributed by atoms with E-state index in [4.69, 9.17) is 9.47 Å². The Balaban J connectivity index is 1.92. The lowest BCUT2D eigenvalue weighted by molar-refractivity contribution is 0.354. The molecule has 2 heterocycles. The number of benzene rings is 1. The van der Waals surface area contributed by atoms with Gasteiger partial charge < -0.3 is 14.4 Å². The molecule has 1 aliphatic rings. The molecule has 0 unspecified atom stereocenters. The fourth-order valence-corrected chi connectivity index (χ4v) is 2.85. The predicted molar refractivity (Wildman–Crippen MR) is 80.9 cm³/mol. The van der Waals surface area contributed by atoms with Gasteiger partial charge in [-0.25, -0.2) is 9.97 Å². The minimum atomic E-state index is 0.284. The molecule has 110 valence electrons. The number of nitrogens with zero attached hydrogens (tertiary/aromatic N) is 3. The third kappa shape index (κ3) is 2.63. The molecule has 0 radical (unpaired) electrons. The Kier molecular flexibility index (Phi) is 3.90. The monoisotopic (exact) mass is 285 g/mol. The van der Waals surface area contributed by atoms with E-state index in [1.165, 1.54) is 5.56 Å². The van der Waals surface area contributed by atoms with Crippen LogP contribution in [-0.2, 0) is 0 Å². The van der Waals surface area contributed by atoms with Crippen molar-refractivity contribution in [3.05, 3.63) is 42.2 Å². The summed E-state index contributed by atoms with van der Waals surface area (Å²) in [6, 6.07) is 8.21. The summed E-state index contributed by atoms with van der Waals surface area (Å²) < 4.78 is 10.7. The molecule has 0 N–H and O–H groups in total. The number of ether oxygens (including phenoxy) is 2. The summed E-state index contributed by atoms with van der Waals surface area (Å²) in [5.74, 6) is 2.30. The molecule has 1 aliphatic heterocycles. The van der Waals surface area contributed by atoms with Crippen molar-refractivity contribution >= 4 is 5.95 Å². The van der Waals surface area contributed by atoms with E-state index in [9.17, 15) is 0 Å². The van der Waals surface area contributed by atoms with Gasteiger partial charge in [0, 0.05) is 18.9 Å². The molecule has 2 aromatic rings. The molecule has 0 saturated carbocycles. The highest BCUT2D eigenvalue weighted by Gasteiger charge is 2.28. The molecule has 0 spiro atoms. The Bertz CT molecular complexity index is 604. The number of aromatic nitrogens is 2. The van der Waals surface area contributed by atoms with Crippen LogP contribution in [0.5, 0.6) is 11.5 Å². The summed E-state index contributed by atoms with van der Waals surface area (Å²) in [5, 5.41) is 0. The first kappa shape index (κ1) is 13.7. The molecular weight excluding hydrogens is 266 g/mol. The summed E-state index contributed by atoms with van der Waals surface area (Å²) in [6.45, 7) is 0.975. The zero-order valence-electron chi connectivity index (χ0n) is 12.3. The maximum absolute atomic E-state index is 5.40. The van der Waals surface area contributed by atoms with Crippen molar-refractivity contribution in [3.63, 3.8) is 0 Å². The van der Waals surface area contributed by atoms with Gasteiger partial charge in [0.25, 0.3) is 0 Å². The van der Waals surface area contributed by atoms with Gasteiger partial charge in [0.1, 0.15) is 0 Å². The van der Waals surface area contributed by atoms with Crippen LogP contribution in [0, 0.1) is 0 Å². The predicted octanol–water partition coefficient (Wildman–Crippen LogP) is 2.84. The second-order valence-electron chi connectivity index (χ2n) is 5.01. The van der Waals surface area contributed by atoms with Gasteiger partial charge in [-0.15, -0.1) is 0 Å². The molecule has 1 aromatic heterocycles. The average molecular weight is 285 g/mol. The summed E-state index contributed by atoms with van der Waals surface area (Å²) in [6.07, 6.45) is 5.80. The fraction of sp³-hybridized carbons (Fsp3) is 0.375. The maximum Gasteiger partial charge on any atom is 0.225 e. The summed E-state index contributed by atoms with van der Waals surface area (Å²) in [5.41, 5.74) is 1.21. The van der Waals surface area contributed by atoms with Crippen molar-refractivity contribution in [1.82, 2.24) is 9.97 Å². The van der Waals surface area contributed by atoms with E-state index in [0.29, 0.717) is 0 Å². The Hall–Kier alpha value is -2.30. The molecule has 0 bridgehead atoms. The topological polar surface area (TPSA) is 47.5 Å². The zero-order valence-corrected chi connectivity index (χ0v) is 12.3. The van der Waals surface area contributed by atoms with Crippen molar-refractivity contribution in [2.75, 3.05) is 25.7 Å². The van der Waals surface area contributed by atoms with Gasteiger partial charge in [0.15, 0.2) is 11.5 Å². The Morgan fingerprint density at radius 1 is 1.10 bits per heavy atom. The standard InChI is InChI=1S/C16H19N3O2/c1-20-14-7-6-12(11-15(14)21-2)13-5-3-10-19(13)16-17-8-4-9-18-16/h4,6-9,11,13H,3,5,10H2,1-2H3/t13-/m1/s1. The van der Waals surface area contributed by atoms with Gasteiger partial charge in [0.2, 0.25) is 5.95 Å². The van der Waals surface area contributed by atoms with E-state index >= 15 is 0 Å². The first-order valence-corrected chi connectivity index (χ1v) is 7.09. The van der Waals surface area contributed by atoms with Gasteiger partial charge >= 0.3 is 0 Å². The van der Waals surface area contributed by atoms with Crippen LogP contribution in [0.25, 0.3) is 0 Å². The largest absolute Gasteiger partial charge is 0.493 e. The molecule has 3 rings (SSSR count). The van der Waals surface area contributed by atoms with E-state index in [0.717, 1.165) is 36.8 Å². The van der Waals surface area contributed by atoms with Crippen molar-refractivity contribution < 1.29 is 9.47 Å². The number of hydrogen-bond donors (Lipinski definition) is 0. The summed E-state index contributed by atoms with van der Waals surface area (Å²) >= 11 is 0. The second-order valence-corrected chi connectivity index (χ2v) is 5.01. The Morgan fingerprint density at radius 2 is 1.86 bits per heavy atom. The van der Waals surface area contributed by atoms with Crippen LogP contribution in [0.1, 0.15) is 24.4 Å². The van der Waals surface area contributed by atoms with Crippen molar-refractivity contribution in [3.8, 4) is 11.5 Å². The minimum Gasteiger partial charge on any atom is -0.493 e. The van der Waals surface area contributed by atoms with E-state index in [1.807, 2.05) is 18.2 Å². The third-order valence-corrected chi connectivity index (χ3v) is 3.85. The van der Waals surface area contributed by atoms with Crippen LogP contribution in [0.15, 0.2) is 36.7 Å². The molecule has 1 saturated heterocycles. The summed E-state index contributed by atoms with van der Waals surface area (Å²) in [4.78, 5) is 11.0.